The van der Waals surface area contributed by atoms with Gasteiger partial charge in [-0.05, 0) is 57.7 Å². The van der Waals surface area contributed by atoms with Gasteiger partial charge in [-0.25, -0.2) is 0 Å². The standard InChI is InChI=1S/C27H37N5/c1-7-20-13-24(32-11-10-23(18-32)30-27(3,4)5)16-28-26(14-20)25-9-8-21(12-19(25)2)22-15-29-31(6)17-22/h8-9,12,14-17,23,30H,7,10-11,13,18H2,1-6H3. The first-order valence-corrected chi connectivity index (χ1v) is 11.8. The summed E-state index contributed by atoms with van der Waals surface area (Å²) >= 11 is 0. The van der Waals surface area contributed by atoms with Crippen LogP contribution in [-0.2, 0) is 7.05 Å². The van der Waals surface area contributed by atoms with E-state index in [4.69, 9.17) is 4.99 Å². The molecule has 0 saturated carbocycles. The van der Waals surface area contributed by atoms with Gasteiger partial charge in [0.05, 0.1) is 11.9 Å². The van der Waals surface area contributed by atoms with Gasteiger partial charge >= 0.3 is 0 Å². The predicted octanol–water partition coefficient (Wildman–Crippen LogP) is 5.23. The second-order valence-corrected chi connectivity index (χ2v) is 10.2. The topological polar surface area (TPSA) is 45.5 Å². The number of nitrogens with zero attached hydrogens (tertiary/aromatic N) is 4. The Balaban J connectivity index is 1.58. The van der Waals surface area contributed by atoms with Crippen molar-refractivity contribution in [2.24, 2.45) is 12.0 Å². The summed E-state index contributed by atoms with van der Waals surface area (Å²) < 4.78 is 1.84. The second-order valence-electron chi connectivity index (χ2n) is 10.2. The second kappa shape index (κ2) is 9.07. The van der Waals surface area contributed by atoms with Crippen LogP contribution in [0.5, 0.6) is 0 Å². The number of likely N-dealkylation sites (tertiary alicyclic amines) is 1. The summed E-state index contributed by atoms with van der Waals surface area (Å²) in [6.07, 6.45) is 11.6. The van der Waals surface area contributed by atoms with Crippen LogP contribution in [0.1, 0.15) is 58.1 Å². The van der Waals surface area contributed by atoms with E-state index in [2.05, 4.69) is 86.6 Å². The lowest BCUT2D eigenvalue weighted by Gasteiger charge is -2.27. The monoisotopic (exact) mass is 431 g/mol. The molecule has 1 atom stereocenters. The van der Waals surface area contributed by atoms with Crippen LogP contribution in [-0.4, -0.2) is 45.1 Å². The lowest BCUT2D eigenvalue weighted by molar-refractivity contribution is 0.343. The van der Waals surface area contributed by atoms with Crippen molar-refractivity contribution in [3.63, 3.8) is 0 Å². The molecular formula is C27H37N5. The van der Waals surface area contributed by atoms with Gasteiger partial charge < -0.3 is 10.2 Å². The minimum Gasteiger partial charge on any atom is -0.372 e. The van der Waals surface area contributed by atoms with E-state index in [-0.39, 0.29) is 5.54 Å². The molecule has 1 aromatic carbocycles. The van der Waals surface area contributed by atoms with Gasteiger partial charge in [0.15, 0.2) is 0 Å². The summed E-state index contributed by atoms with van der Waals surface area (Å²) in [5, 5.41) is 8.07. The Hall–Kier alpha value is -2.66. The van der Waals surface area contributed by atoms with E-state index in [0.29, 0.717) is 6.04 Å². The Labute approximate surface area is 192 Å². The average Bonchev–Trinajstić information content (AvgIpc) is 3.30. The number of aliphatic imine (C=N–C) groups is 1. The smallest absolute Gasteiger partial charge is 0.0705 e. The number of aromatic nitrogens is 2. The number of allylic oxidation sites excluding steroid dienone is 2. The predicted molar refractivity (Wildman–Crippen MR) is 134 cm³/mol. The third-order valence-corrected chi connectivity index (χ3v) is 6.33. The molecule has 5 nitrogen and oxygen atoms in total. The highest BCUT2D eigenvalue weighted by Gasteiger charge is 2.27. The van der Waals surface area contributed by atoms with Crippen molar-refractivity contribution in [1.29, 1.82) is 0 Å². The maximum Gasteiger partial charge on any atom is 0.0705 e. The van der Waals surface area contributed by atoms with Crippen LogP contribution in [0.2, 0.25) is 0 Å². The van der Waals surface area contributed by atoms with E-state index < -0.39 is 0 Å². The Kier molecular flexibility index (Phi) is 6.38. The number of nitrogens with one attached hydrogen (secondary N) is 1. The Morgan fingerprint density at radius 3 is 2.66 bits per heavy atom. The summed E-state index contributed by atoms with van der Waals surface area (Å²) in [5.74, 6) is 0. The van der Waals surface area contributed by atoms with Crippen LogP contribution in [0.3, 0.4) is 0 Å². The molecule has 0 spiro atoms. The number of hydrogen-bond donors (Lipinski definition) is 1. The highest BCUT2D eigenvalue weighted by atomic mass is 15.2. The molecule has 1 fully saturated rings. The van der Waals surface area contributed by atoms with Crippen LogP contribution in [0.15, 0.2) is 59.1 Å². The fourth-order valence-corrected chi connectivity index (χ4v) is 4.72. The summed E-state index contributed by atoms with van der Waals surface area (Å²) in [7, 11) is 1.95. The number of aryl methyl sites for hydroxylation is 2. The van der Waals surface area contributed by atoms with Crippen LogP contribution in [0.25, 0.3) is 11.1 Å². The molecule has 0 amide bonds. The molecule has 5 heteroatoms. The van der Waals surface area contributed by atoms with Crippen molar-refractivity contribution in [2.75, 3.05) is 13.1 Å². The van der Waals surface area contributed by atoms with E-state index >= 15 is 0 Å². The van der Waals surface area contributed by atoms with Crippen LogP contribution in [0, 0.1) is 6.92 Å². The lowest BCUT2D eigenvalue weighted by Crippen LogP contribution is -2.44. The van der Waals surface area contributed by atoms with Gasteiger partial charge in [0.1, 0.15) is 0 Å². The third kappa shape index (κ3) is 5.21. The molecule has 1 unspecified atom stereocenters. The van der Waals surface area contributed by atoms with Gasteiger partial charge in [-0.1, -0.05) is 30.7 Å². The Morgan fingerprint density at radius 1 is 1.19 bits per heavy atom. The van der Waals surface area contributed by atoms with E-state index in [9.17, 15) is 0 Å². The zero-order chi connectivity index (χ0) is 22.9. The molecule has 1 saturated heterocycles. The molecule has 4 rings (SSSR count). The number of benzene rings is 1. The molecule has 2 aromatic rings. The highest BCUT2D eigenvalue weighted by Crippen LogP contribution is 2.28. The fraction of sp³-hybridized carbons (Fsp3) is 0.481. The maximum absolute atomic E-state index is 4.98. The first-order valence-electron chi connectivity index (χ1n) is 11.8. The van der Waals surface area contributed by atoms with Crippen LogP contribution < -0.4 is 5.32 Å². The highest BCUT2D eigenvalue weighted by molar-refractivity contribution is 6.10. The van der Waals surface area contributed by atoms with E-state index in [1.807, 2.05) is 17.9 Å². The fourth-order valence-electron chi connectivity index (χ4n) is 4.72. The molecule has 1 N–H and O–H groups in total. The largest absolute Gasteiger partial charge is 0.372 e. The summed E-state index contributed by atoms with van der Waals surface area (Å²) in [5.41, 5.74) is 8.78. The molecular weight excluding hydrogens is 394 g/mol. The van der Waals surface area contributed by atoms with Gasteiger partial charge in [-0.2, -0.15) is 5.10 Å². The third-order valence-electron chi connectivity index (χ3n) is 6.33. The molecule has 2 aliphatic rings. The van der Waals surface area contributed by atoms with Crippen molar-refractivity contribution in [1.82, 2.24) is 20.0 Å². The zero-order valence-electron chi connectivity index (χ0n) is 20.4. The van der Waals surface area contributed by atoms with Gasteiger partial charge in [0.2, 0.25) is 0 Å². The average molecular weight is 432 g/mol. The molecule has 0 aliphatic carbocycles. The molecule has 1 aromatic heterocycles. The molecule has 3 heterocycles. The van der Waals surface area contributed by atoms with Crippen molar-refractivity contribution in [3.05, 3.63) is 65.3 Å². The van der Waals surface area contributed by atoms with E-state index in [1.54, 1.807) is 0 Å². The summed E-state index contributed by atoms with van der Waals surface area (Å²) in [6, 6.07) is 7.17. The van der Waals surface area contributed by atoms with Crippen LogP contribution in [0.4, 0.5) is 0 Å². The molecule has 170 valence electrons. The molecule has 32 heavy (non-hydrogen) atoms. The number of hydrogen-bond acceptors (Lipinski definition) is 4. The van der Waals surface area contributed by atoms with Crippen molar-refractivity contribution in [2.45, 2.75) is 65.5 Å². The lowest BCUT2D eigenvalue weighted by atomic mass is 9.97. The zero-order valence-corrected chi connectivity index (χ0v) is 20.4. The first-order chi connectivity index (χ1) is 15.2. The normalized spacial score (nSPS) is 19.5. The summed E-state index contributed by atoms with van der Waals surface area (Å²) in [6.45, 7) is 13.3. The van der Waals surface area contributed by atoms with Gasteiger partial charge in [-0.3, -0.25) is 9.67 Å². The quantitative estimate of drug-likeness (QED) is 0.705. The molecule has 0 radical (unpaired) electrons. The van der Waals surface area contributed by atoms with Crippen LogP contribution >= 0.6 is 0 Å². The SMILES string of the molecule is CCC1=CC(c2ccc(-c3cnn(C)c3)cc2C)=NC=C(N2CCC(NC(C)(C)C)C2)C1. The minimum absolute atomic E-state index is 0.151. The molecule has 0 bridgehead atoms. The minimum atomic E-state index is 0.151. The first kappa shape index (κ1) is 22.5. The summed E-state index contributed by atoms with van der Waals surface area (Å²) in [4.78, 5) is 7.51. The van der Waals surface area contributed by atoms with Crippen molar-refractivity contribution >= 4 is 5.71 Å². The molecule has 2 aliphatic heterocycles. The Morgan fingerprint density at radius 2 is 2.00 bits per heavy atom. The van der Waals surface area contributed by atoms with Gasteiger partial charge in [0.25, 0.3) is 0 Å². The van der Waals surface area contributed by atoms with Gasteiger partial charge in [-0.15, -0.1) is 0 Å². The van der Waals surface area contributed by atoms with E-state index in [0.717, 1.165) is 37.2 Å². The van der Waals surface area contributed by atoms with Crippen molar-refractivity contribution in [3.8, 4) is 11.1 Å². The van der Waals surface area contributed by atoms with E-state index in [1.165, 1.54) is 34.4 Å². The van der Waals surface area contributed by atoms with Gasteiger partial charge in [0, 0.05) is 67.4 Å². The maximum atomic E-state index is 4.98. The Bertz CT molecular complexity index is 1060. The number of rotatable bonds is 5. The van der Waals surface area contributed by atoms with Crippen molar-refractivity contribution < 1.29 is 0 Å².